The minimum Gasteiger partial charge on any atom is -0.543 e. The molecule has 1 fully saturated rings. The van der Waals surface area contributed by atoms with Crippen LogP contribution in [0.1, 0.15) is 6.92 Å². The molecule has 0 radical (unpaired) electrons. The molecular formula is C10H11N2NaO5S. The van der Waals surface area contributed by atoms with Gasteiger partial charge in [0.25, 0.3) is 0 Å². The summed E-state index contributed by atoms with van der Waals surface area (Å²) in [4.78, 5) is 34.5. The number of hydrogen-bond donors (Lipinski definition) is 1. The van der Waals surface area contributed by atoms with E-state index in [1.54, 1.807) is 0 Å². The summed E-state index contributed by atoms with van der Waals surface area (Å²) in [7, 11) is 0. The van der Waals surface area contributed by atoms with Crippen LogP contribution in [0.4, 0.5) is 0 Å². The van der Waals surface area contributed by atoms with Crippen LogP contribution in [0.25, 0.3) is 0 Å². The predicted octanol–water partition coefficient (Wildman–Crippen LogP) is -5.20. The number of nitrogens with zero attached hydrogens (tertiary/aromatic N) is 1. The van der Waals surface area contributed by atoms with Crippen LogP contribution >= 0.6 is 11.8 Å². The van der Waals surface area contributed by atoms with E-state index in [9.17, 15) is 19.5 Å². The molecule has 2 rings (SSSR count). The molecule has 2 aliphatic heterocycles. The number of carboxylic acids is 1. The van der Waals surface area contributed by atoms with Crippen LogP contribution < -0.4 is 40.4 Å². The molecule has 0 bridgehead atoms. The molecule has 2 heterocycles. The van der Waals surface area contributed by atoms with Gasteiger partial charge in [0.2, 0.25) is 5.91 Å². The van der Waals surface area contributed by atoms with Crippen LogP contribution in [0.5, 0.6) is 0 Å². The Morgan fingerprint density at radius 2 is 2.21 bits per heavy atom. The van der Waals surface area contributed by atoms with E-state index >= 15 is 0 Å². The van der Waals surface area contributed by atoms with Crippen LogP contribution in [0.15, 0.2) is 11.3 Å². The molecule has 98 valence electrons. The van der Waals surface area contributed by atoms with Gasteiger partial charge >= 0.3 is 35.5 Å². The standard InChI is InChI=1S/C10H12N2O5S.Na/c1-4(13)17-2-5-3-18-9-6(11)8(14)12(9)7(5)10(15)16;/h6,9H,2-3,11H2,1H3,(H,15,16);/q;+1/p-1/t6-,9+;/m0./s1. The van der Waals surface area contributed by atoms with Crippen molar-refractivity contribution in [3.63, 3.8) is 0 Å². The van der Waals surface area contributed by atoms with E-state index in [4.69, 9.17) is 10.5 Å². The number of thioether (sulfide) groups is 1. The van der Waals surface area contributed by atoms with Crippen molar-refractivity contribution in [1.29, 1.82) is 0 Å². The van der Waals surface area contributed by atoms with Gasteiger partial charge in [-0.1, -0.05) is 0 Å². The molecule has 1 amide bonds. The fourth-order valence-corrected chi connectivity index (χ4v) is 3.14. The van der Waals surface area contributed by atoms with Gasteiger partial charge in [-0.25, -0.2) is 0 Å². The van der Waals surface area contributed by atoms with Gasteiger partial charge in [-0.15, -0.1) is 11.8 Å². The van der Waals surface area contributed by atoms with Crippen molar-refractivity contribution in [2.75, 3.05) is 12.4 Å². The maximum Gasteiger partial charge on any atom is 1.00 e. The fraction of sp³-hybridized carbons (Fsp3) is 0.500. The minimum atomic E-state index is -1.46. The number of ether oxygens (including phenoxy) is 1. The van der Waals surface area contributed by atoms with Gasteiger partial charge in [0.05, 0.1) is 11.7 Å². The molecule has 0 saturated carbocycles. The fourth-order valence-electron chi connectivity index (χ4n) is 1.87. The van der Waals surface area contributed by atoms with E-state index in [2.05, 4.69) is 0 Å². The van der Waals surface area contributed by atoms with Gasteiger partial charge in [0.1, 0.15) is 18.0 Å². The van der Waals surface area contributed by atoms with Crippen LogP contribution in [0.2, 0.25) is 0 Å². The Morgan fingerprint density at radius 3 is 2.74 bits per heavy atom. The molecule has 9 heteroatoms. The SMILES string of the molecule is CC(=O)OCC1=C(C(=O)[O-])N2C(=O)[C@H](N)[C@H]2SC1.[Na+]. The molecule has 7 nitrogen and oxygen atoms in total. The largest absolute Gasteiger partial charge is 1.00 e. The van der Waals surface area contributed by atoms with Crippen molar-refractivity contribution >= 4 is 29.6 Å². The summed E-state index contributed by atoms with van der Waals surface area (Å²) in [6, 6.07) is -0.681. The molecule has 1 saturated heterocycles. The Bertz CT molecular complexity index is 467. The van der Waals surface area contributed by atoms with E-state index in [0.29, 0.717) is 11.3 Å². The first-order chi connectivity index (χ1) is 8.43. The van der Waals surface area contributed by atoms with Gasteiger partial charge in [0.15, 0.2) is 0 Å². The van der Waals surface area contributed by atoms with Crippen LogP contribution in [-0.4, -0.2) is 46.5 Å². The van der Waals surface area contributed by atoms with Crippen LogP contribution in [-0.2, 0) is 19.1 Å². The Labute approximate surface area is 135 Å². The molecule has 0 aliphatic carbocycles. The van der Waals surface area contributed by atoms with Crippen molar-refractivity contribution < 1.29 is 53.8 Å². The van der Waals surface area contributed by atoms with Gasteiger partial charge in [-0.05, 0) is 0 Å². The molecule has 0 aromatic heterocycles. The van der Waals surface area contributed by atoms with E-state index < -0.39 is 23.9 Å². The van der Waals surface area contributed by atoms with E-state index in [1.165, 1.54) is 18.7 Å². The molecule has 0 aromatic carbocycles. The number of carboxylic acid groups (broad SMARTS) is 1. The first-order valence-corrected chi connectivity index (χ1v) is 6.25. The number of carbonyl (C=O) groups is 3. The van der Waals surface area contributed by atoms with Gasteiger partial charge in [-0.3, -0.25) is 14.5 Å². The summed E-state index contributed by atoms with van der Waals surface area (Å²) in [5, 5.41) is 10.7. The number of carbonyl (C=O) groups excluding carboxylic acids is 3. The average Bonchev–Trinajstić information content (AvgIpc) is 2.33. The third-order valence-electron chi connectivity index (χ3n) is 2.73. The molecule has 0 spiro atoms. The number of esters is 1. The average molecular weight is 294 g/mol. The third-order valence-corrected chi connectivity index (χ3v) is 4.09. The Morgan fingerprint density at radius 1 is 1.58 bits per heavy atom. The van der Waals surface area contributed by atoms with Gasteiger partial charge in [-0.2, -0.15) is 0 Å². The molecule has 0 unspecified atom stereocenters. The smallest absolute Gasteiger partial charge is 0.543 e. The number of aliphatic carboxylic acids is 1. The van der Waals surface area contributed by atoms with Crippen LogP contribution in [0.3, 0.4) is 0 Å². The van der Waals surface area contributed by atoms with Crippen molar-refractivity contribution in [3.8, 4) is 0 Å². The zero-order valence-corrected chi connectivity index (χ0v) is 13.4. The Kier molecular flexibility index (Phi) is 5.45. The second-order valence-electron chi connectivity index (χ2n) is 3.96. The number of hydrogen-bond acceptors (Lipinski definition) is 7. The first-order valence-electron chi connectivity index (χ1n) is 5.20. The molecule has 2 aliphatic rings. The maximum absolute atomic E-state index is 11.5. The maximum atomic E-state index is 11.5. The Hall–Kier alpha value is -0.540. The number of rotatable bonds is 3. The molecule has 2 N–H and O–H groups in total. The number of β-lactam (4-membered cyclic amide) rings is 1. The summed E-state index contributed by atoms with van der Waals surface area (Å²) >= 11 is 1.35. The van der Waals surface area contributed by atoms with Crippen molar-refractivity contribution in [2.24, 2.45) is 5.73 Å². The van der Waals surface area contributed by atoms with Crippen molar-refractivity contribution in [2.45, 2.75) is 18.3 Å². The van der Waals surface area contributed by atoms with Crippen molar-refractivity contribution in [1.82, 2.24) is 4.90 Å². The third kappa shape index (κ3) is 2.97. The minimum absolute atomic E-state index is 0. The Balaban J connectivity index is 0.00000180. The molecule has 0 aromatic rings. The second-order valence-corrected chi connectivity index (χ2v) is 5.06. The zero-order chi connectivity index (χ0) is 13.4. The van der Waals surface area contributed by atoms with E-state index in [0.717, 1.165) is 4.90 Å². The normalized spacial score (nSPS) is 25.2. The number of nitrogens with two attached hydrogens (primary N) is 1. The van der Waals surface area contributed by atoms with Crippen molar-refractivity contribution in [3.05, 3.63) is 11.3 Å². The summed E-state index contributed by atoms with van der Waals surface area (Å²) in [6.07, 6.45) is 0. The predicted molar refractivity (Wildman–Crippen MR) is 59.7 cm³/mol. The molecule has 2 atom stereocenters. The van der Waals surface area contributed by atoms with Crippen LogP contribution in [0, 0.1) is 0 Å². The van der Waals surface area contributed by atoms with Gasteiger partial charge in [0, 0.05) is 18.2 Å². The second kappa shape index (κ2) is 6.27. The molecular weight excluding hydrogens is 283 g/mol. The van der Waals surface area contributed by atoms with E-state index in [-0.39, 0.29) is 47.2 Å². The number of amides is 1. The molecule has 19 heavy (non-hydrogen) atoms. The quantitative estimate of drug-likeness (QED) is 0.314. The van der Waals surface area contributed by atoms with Gasteiger partial charge < -0.3 is 20.4 Å². The zero-order valence-electron chi connectivity index (χ0n) is 10.5. The number of fused-ring (bicyclic) bond motifs is 1. The summed E-state index contributed by atoms with van der Waals surface area (Å²) in [5.41, 5.74) is 5.71. The summed E-state index contributed by atoms with van der Waals surface area (Å²) in [6.45, 7) is 1.07. The summed E-state index contributed by atoms with van der Waals surface area (Å²) in [5.74, 6) is -2.08. The van der Waals surface area contributed by atoms with E-state index in [1.807, 2.05) is 0 Å². The first kappa shape index (κ1) is 16.5. The topological polar surface area (TPSA) is 113 Å². The summed E-state index contributed by atoms with van der Waals surface area (Å²) < 4.78 is 4.76. The monoisotopic (exact) mass is 294 g/mol.